The largest absolute Gasteiger partial charge is 0.379 e. The maximum atomic E-state index is 5.37. The van der Waals surface area contributed by atoms with Crippen molar-refractivity contribution in [2.24, 2.45) is 7.05 Å². The standard InChI is InChI=1S/C15H18N3O/c1-17-12-16-10-15(17)14-4-2-3-13(9-14)11-18-5-7-19-8-6-18/h3-4,9-10,12H,5-8,11H2,1H3. The van der Waals surface area contributed by atoms with Crippen molar-refractivity contribution < 1.29 is 4.74 Å². The Morgan fingerprint density at radius 2 is 2.16 bits per heavy atom. The molecule has 1 aliphatic heterocycles. The summed E-state index contributed by atoms with van der Waals surface area (Å²) in [5.41, 5.74) is 3.59. The fourth-order valence-corrected chi connectivity index (χ4v) is 2.41. The van der Waals surface area contributed by atoms with Crippen molar-refractivity contribution in [2.45, 2.75) is 6.54 Å². The minimum Gasteiger partial charge on any atom is -0.379 e. The van der Waals surface area contributed by atoms with Crippen LogP contribution >= 0.6 is 0 Å². The zero-order valence-corrected chi connectivity index (χ0v) is 11.2. The average Bonchev–Trinajstić information content (AvgIpc) is 2.86. The molecule has 1 fully saturated rings. The summed E-state index contributed by atoms with van der Waals surface area (Å²) in [6.45, 7) is 4.66. The van der Waals surface area contributed by atoms with Gasteiger partial charge >= 0.3 is 0 Å². The molecule has 0 amide bonds. The van der Waals surface area contributed by atoms with Crippen LogP contribution in [0.25, 0.3) is 11.3 Å². The SMILES string of the molecule is Cn1cncc1-c1c[c]cc(CN2CCOCC2)c1. The summed E-state index contributed by atoms with van der Waals surface area (Å²) >= 11 is 0. The average molecular weight is 256 g/mol. The molecule has 1 aromatic heterocycles. The Morgan fingerprint density at radius 1 is 1.32 bits per heavy atom. The first-order valence-electron chi connectivity index (χ1n) is 6.60. The summed E-state index contributed by atoms with van der Waals surface area (Å²) in [6, 6.07) is 9.54. The summed E-state index contributed by atoms with van der Waals surface area (Å²) in [5, 5.41) is 0. The number of morpholine rings is 1. The maximum absolute atomic E-state index is 5.37. The Morgan fingerprint density at radius 3 is 2.89 bits per heavy atom. The first-order valence-corrected chi connectivity index (χ1v) is 6.60. The van der Waals surface area contributed by atoms with Crippen LogP contribution in [0.15, 0.2) is 30.7 Å². The Labute approximate surface area is 113 Å². The number of imidazole rings is 1. The van der Waals surface area contributed by atoms with Crippen LogP contribution in [-0.2, 0) is 18.3 Å². The third-order valence-corrected chi connectivity index (χ3v) is 3.47. The van der Waals surface area contributed by atoms with Crippen molar-refractivity contribution >= 4 is 0 Å². The van der Waals surface area contributed by atoms with Gasteiger partial charge in [-0.3, -0.25) is 4.90 Å². The highest BCUT2D eigenvalue weighted by molar-refractivity contribution is 5.59. The normalized spacial score (nSPS) is 16.7. The molecular formula is C15H18N3O. The lowest BCUT2D eigenvalue weighted by Gasteiger charge is -2.26. The van der Waals surface area contributed by atoms with Crippen LogP contribution in [0.5, 0.6) is 0 Å². The third kappa shape index (κ3) is 2.85. The summed E-state index contributed by atoms with van der Waals surface area (Å²) < 4.78 is 7.40. The van der Waals surface area contributed by atoms with Crippen LogP contribution in [-0.4, -0.2) is 40.8 Å². The number of aryl methyl sites for hydroxylation is 1. The lowest BCUT2D eigenvalue weighted by atomic mass is 10.1. The summed E-state index contributed by atoms with van der Waals surface area (Å²) in [4.78, 5) is 6.58. The van der Waals surface area contributed by atoms with Crippen molar-refractivity contribution in [1.29, 1.82) is 0 Å². The Kier molecular flexibility index (Phi) is 3.62. The Bertz CT molecular complexity index is 544. The van der Waals surface area contributed by atoms with Crippen molar-refractivity contribution in [3.63, 3.8) is 0 Å². The molecule has 4 nitrogen and oxygen atoms in total. The number of benzene rings is 1. The second kappa shape index (κ2) is 5.55. The molecule has 2 heterocycles. The van der Waals surface area contributed by atoms with Crippen LogP contribution in [0, 0.1) is 6.07 Å². The van der Waals surface area contributed by atoms with E-state index >= 15 is 0 Å². The molecule has 2 aromatic rings. The van der Waals surface area contributed by atoms with Gasteiger partial charge in [0.25, 0.3) is 0 Å². The minimum absolute atomic E-state index is 0.838. The Balaban J connectivity index is 1.78. The zero-order valence-electron chi connectivity index (χ0n) is 11.2. The van der Waals surface area contributed by atoms with Gasteiger partial charge in [0.15, 0.2) is 0 Å². The van der Waals surface area contributed by atoms with Crippen LogP contribution in [0.3, 0.4) is 0 Å². The van der Waals surface area contributed by atoms with Crippen molar-refractivity contribution in [2.75, 3.05) is 26.3 Å². The summed E-state index contributed by atoms with van der Waals surface area (Å²) in [5.74, 6) is 0. The quantitative estimate of drug-likeness (QED) is 0.837. The van der Waals surface area contributed by atoms with Gasteiger partial charge in [-0.05, 0) is 29.8 Å². The van der Waals surface area contributed by atoms with Crippen molar-refractivity contribution in [3.8, 4) is 11.3 Å². The van der Waals surface area contributed by atoms with Crippen LogP contribution in [0.1, 0.15) is 5.56 Å². The highest BCUT2D eigenvalue weighted by Crippen LogP contribution is 2.20. The molecule has 1 aromatic carbocycles. The molecule has 0 saturated carbocycles. The van der Waals surface area contributed by atoms with E-state index in [0.717, 1.165) is 38.5 Å². The van der Waals surface area contributed by atoms with E-state index in [2.05, 4.69) is 28.1 Å². The van der Waals surface area contributed by atoms with Crippen LogP contribution < -0.4 is 0 Å². The molecule has 0 spiro atoms. The number of hydrogen-bond donors (Lipinski definition) is 0. The van der Waals surface area contributed by atoms with E-state index in [4.69, 9.17) is 4.74 Å². The van der Waals surface area contributed by atoms with E-state index in [1.54, 1.807) is 0 Å². The number of rotatable bonds is 3. The van der Waals surface area contributed by atoms with E-state index in [-0.39, 0.29) is 0 Å². The molecule has 1 aliphatic rings. The fourth-order valence-electron chi connectivity index (χ4n) is 2.41. The fraction of sp³-hybridized carbons (Fsp3) is 0.400. The molecule has 0 unspecified atom stereocenters. The number of hydrogen-bond acceptors (Lipinski definition) is 3. The smallest absolute Gasteiger partial charge is 0.0948 e. The predicted octanol–water partition coefficient (Wildman–Crippen LogP) is 1.72. The monoisotopic (exact) mass is 256 g/mol. The lowest BCUT2D eigenvalue weighted by Crippen LogP contribution is -2.35. The maximum Gasteiger partial charge on any atom is 0.0948 e. The summed E-state index contributed by atoms with van der Waals surface area (Å²) in [7, 11) is 2.01. The molecule has 1 saturated heterocycles. The third-order valence-electron chi connectivity index (χ3n) is 3.47. The van der Waals surface area contributed by atoms with Gasteiger partial charge in [-0.2, -0.15) is 0 Å². The van der Waals surface area contributed by atoms with E-state index in [1.807, 2.05) is 30.2 Å². The topological polar surface area (TPSA) is 30.3 Å². The van der Waals surface area contributed by atoms with E-state index < -0.39 is 0 Å². The molecule has 19 heavy (non-hydrogen) atoms. The zero-order chi connectivity index (χ0) is 13.1. The molecule has 0 aliphatic carbocycles. The van der Waals surface area contributed by atoms with Gasteiger partial charge in [-0.25, -0.2) is 4.98 Å². The second-order valence-electron chi connectivity index (χ2n) is 4.91. The minimum atomic E-state index is 0.838. The van der Waals surface area contributed by atoms with Gasteiger partial charge < -0.3 is 9.30 Å². The van der Waals surface area contributed by atoms with E-state index in [0.29, 0.717) is 0 Å². The molecule has 0 atom stereocenters. The highest BCUT2D eigenvalue weighted by atomic mass is 16.5. The number of aromatic nitrogens is 2. The predicted molar refractivity (Wildman–Crippen MR) is 73.6 cm³/mol. The van der Waals surface area contributed by atoms with E-state index in [1.165, 1.54) is 11.1 Å². The van der Waals surface area contributed by atoms with Gasteiger partial charge in [-0.1, -0.05) is 0 Å². The van der Waals surface area contributed by atoms with E-state index in [9.17, 15) is 0 Å². The van der Waals surface area contributed by atoms with Gasteiger partial charge in [0.05, 0.1) is 31.4 Å². The van der Waals surface area contributed by atoms with Gasteiger partial charge in [0.2, 0.25) is 0 Å². The molecule has 0 N–H and O–H groups in total. The van der Waals surface area contributed by atoms with Crippen molar-refractivity contribution in [1.82, 2.24) is 14.5 Å². The number of ether oxygens (including phenoxy) is 1. The van der Waals surface area contributed by atoms with Gasteiger partial charge in [0, 0.05) is 32.2 Å². The molecular weight excluding hydrogens is 238 g/mol. The first kappa shape index (κ1) is 12.4. The van der Waals surface area contributed by atoms with Crippen LogP contribution in [0.2, 0.25) is 0 Å². The molecule has 4 heteroatoms. The molecule has 1 radical (unpaired) electrons. The highest BCUT2D eigenvalue weighted by Gasteiger charge is 2.11. The Hall–Kier alpha value is -1.65. The van der Waals surface area contributed by atoms with Gasteiger partial charge in [-0.15, -0.1) is 0 Å². The van der Waals surface area contributed by atoms with Gasteiger partial charge in [0.1, 0.15) is 0 Å². The summed E-state index contributed by atoms with van der Waals surface area (Å²) in [6.07, 6.45) is 3.71. The lowest BCUT2D eigenvalue weighted by molar-refractivity contribution is 0.0342. The molecule has 99 valence electrons. The van der Waals surface area contributed by atoms with Crippen LogP contribution in [0.4, 0.5) is 0 Å². The first-order chi connectivity index (χ1) is 9.33. The van der Waals surface area contributed by atoms with Crippen molar-refractivity contribution in [3.05, 3.63) is 42.4 Å². The molecule has 3 rings (SSSR count). The second-order valence-corrected chi connectivity index (χ2v) is 4.91. The number of nitrogens with zero attached hydrogens (tertiary/aromatic N) is 3. The molecule has 0 bridgehead atoms.